The first-order chi connectivity index (χ1) is 12.5. The van der Waals surface area contributed by atoms with Gasteiger partial charge in [0.15, 0.2) is 5.96 Å². The Bertz CT molecular complexity index is 739. The Balaban J connectivity index is 0.00000261. The molecule has 9 heteroatoms. The fraction of sp³-hybridized carbons (Fsp3) is 0.611. The molecular weight excluding hydrogens is 479 g/mol. The lowest BCUT2D eigenvalue weighted by atomic mass is 9.96. The van der Waals surface area contributed by atoms with Crippen LogP contribution in [0.3, 0.4) is 0 Å². The SMILES string of the molecule is CCNC(=NCCNS(=O)(=O)c1ccc(C)cc1)NC1CC2CCC1O2.I. The van der Waals surface area contributed by atoms with Gasteiger partial charge in [-0.05, 0) is 45.2 Å². The zero-order valence-corrected chi connectivity index (χ0v) is 18.9. The molecule has 2 heterocycles. The molecule has 7 nitrogen and oxygen atoms in total. The number of fused-ring (bicyclic) bond motifs is 2. The van der Waals surface area contributed by atoms with Crippen LogP contribution in [0.15, 0.2) is 34.2 Å². The van der Waals surface area contributed by atoms with E-state index in [-0.39, 0.29) is 47.6 Å². The van der Waals surface area contributed by atoms with Crippen molar-refractivity contribution >= 4 is 40.0 Å². The second-order valence-electron chi connectivity index (χ2n) is 6.83. The highest BCUT2D eigenvalue weighted by Crippen LogP contribution is 2.34. The van der Waals surface area contributed by atoms with E-state index in [1.807, 2.05) is 13.8 Å². The lowest BCUT2D eigenvalue weighted by Crippen LogP contribution is -2.47. The molecule has 1 aromatic rings. The molecule has 2 bridgehead atoms. The normalized spacial score (nSPS) is 24.5. The third kappa shape index (κ3) is 6.03. The Labute approximate surface area is 178 Å². The first-order valence-electron chi connectivity index (χ1n) is 9.24. The standard InChI is InChI=1S/C18H28N4O3S.HI/c1-3-19-18(22-16-12-14-6-9-17(16)25-14)20-10-11-21-26(23,24)15-7-4-13(2)5-8-15;/h4-5,7-8,14,16-17,21H,3,6,9-12H2,1-2H3,(H2,19,20,22);1H. The van der Waals surface area contributed by atoms with Crippen molar-refractivity contribution < 1.29 is 13.2 Å². The highest BCUT2D eigenvalue weighted by Gasteiger charge is 2.41. The van der Waals surface area contributed by atoms with E-state index in [9.17, 15) is 8.42 Å². The van der Waals surface area contributed by atoms with Gasteiger partial charge in [0.05, 0.1) is 29.7 Å². The highest BCUT2D eigenvalue weighted by molar-refractivity contribution is 14.0. The number of hydrogen-bond acceptors (Lipinski definition) is 4. The predicted octanol–water partition coefficient (Wildman–Crippen LogP) is 1.77. The van der Waals surface area contributed by atoms with E-state index in [0.29, 0.717) is 18.6 Å². The summed E-state index contributed by atoms with van der Waals surface area (Å²) in [6, 6.07) is 7.09. The fourth-order valence-corrected chi connectivity index (χ4v) is 4.45. The first kappa shape index (κ1) is 22.4. The summed E-state index contributed by atoms with van der Waals surface area (Å²) in [5.74, 6) is 0.711. The van der Waals surface area contributed by atoms with Crippen molar-refractivity contribution in [2.75, 3.05) is 19.6 Å². The zero-order chi connectivity index (χ0) is 18.6. The van der Waals surface area contributed by atoms with Gasteiger partial charge in [0.2, 0.25) is 10.0 Å². The second-order valence-corrected chi connectivity index (χ2v) is 8.60. The number of aryl methyl sites for hydroxylation is 1. The third-order valence-corrected chi connectivity index (χ3v) is 6.25. The van der Waals surface area contributed by atoms with Crippen LogP contribution in [0, 0.1) is 6.92 Å². The van der Waals surface area contributed by atoms with Crippen LogP contribution in [0.4, 0.5) is 0 Å². The molecule has 2 fully saturated rings. The van der Waals surface area contributed by atoms with Crippen molar-refractivity contribution in [3.63, 3.8) is 0 Å². The quantitative estimate of drug-likeness (QED) is 0.226. The van der Waals surface area contributed by atoms with Gasteiger partial charge >= 0.3 is 0 Å². The lowest BCUT2D eigenvalue weighted by Gasteiger charge is -2.22. The van der Waals surface area contributed by atoms with Gasteiger partial charge in [-0.25, -0.2) is 13.1 Å². The molecule has 2 aliphatic rings. The number of nitrogens with one attached hydrogen (secondary N) is 3. The Hall–Kier alpha value is -0.910. The van der Waals surface area contributed by atoms with Gasteiger partial charge in [-0.15, -0.1) is 24.0 Å². The monoisotopic (exact) mass is 508 g/mol. The van der Waals surface area contributed by atoms with E-state index < -0.39 is 10.0 Å². The van der Waals surface area contributed by atoms with Crippen molar-refractivity contribution in [1.29, 1.82) is 0 Å². The average Bonchev–Trinajstić information content (AvgIpc) is 3.22. The molecule has 2 saturated heterocycles. The topological polar surface area (TPSA) is 91.8 Å². The molecule has 0 aliphatic carbocycles. The number of aliphatic imine (C=N–C) groups is 1. The summed E-state index contributed by atoms with van der Waals surface area (Å²) < 4.78 is 33.0. The number of benzene rings is 1. The van der Waals surface area contributed by atoms with E-state index in [1.165, 1.54) is 0 Å². The number of hydrogen-bond donors (Lipinski definition) is 3. The minimum Gasteiger partial charge on any atom is -0.373 e. The molecule has 27 heavy (non-hydrogen) atoms. The summed E-state index contributed by atoms with van der Waals surface area (Å²) in [7, 11) is -3.50. The highest BCUT2D eigenvalue weighted by atomic mass is 127. The molecule has 0 aromatic heterocycles. The molecule has 3 atom stereocenters. The molecule has 3 rings (SSSR count). The minimum atomic E-state index is -3.50. The van der Waals surface area contributed by atoms with Crippen LogP contribution in [0.1, 0.15) is 31.7 Å². The molecule has 3 unspecified atom stereocenters. The van der Waals surface area contributed by atoms with Crippen molar-refractivity contribution in [2.24, 2.45) is 4.99 Å². The predicted molar refractivity (Wildman–Crippen MR) is 117 cm³/mol. The van der Waals surface area contributed by atoms with Crippen LogP contribution >= 0.6 is 24.0 Å². The summed E-state index contributed by atoms with van der Waals surface area (Å²) in [4.78, 5) is 4.76. The molecule has 0 saturated carbocycles. The van der Waals surface area contributed by atoms with Crippen LogP contribution in [-0.4, -0.2) is 52.3 Å². The van der Waals surface area contributed by atoms with Crippen molar-refractivity contribution in [3.8, 4) is 0 Å². The maximum absolute atomic E-state index is 12.3. The van der Waals surface area contributed by atoms with Crippen LogP contribution in [-0.2, 0) is 14.8 Å². The van der Waals surface area contributed by atoms with Gasteiger partial charge in [0.25, 0.3) is 0 Å². The van der Waals surface area contributed by atoms with E-state index >= 15 is 0 Å². The summed E-state index contributed by atoms with van der Waals surface area (Å²) in [6.07, 6.45) is 3.90. The summed E-state index contributed by atoms with van der Waals surface area (Å²) >= 11 is 0. The van der Waals surface area contributed by atoms with Gasteiger partial charge in [0.1, 0.15) is 0 Å². The molecule has 0 radical (unpaired) electrons. The number of rotatable bonds is 7. The van der Waals surface area contributed by atoms with E-state index in [4.69, 9.17) is 4.74 Å². The third-order valence-electron chi connectivity index (χ3n) is 4.78. The molecule has 0 amide bonds. The van der Waals surface area contributed by atoms with Crippen LogP contribution in [0.5, 0.6) is 0 Å². The van der Waals surface area contributed by atoms with Gasteiger partial charge in [0, 0.05) is 13.1 Å². The summed E-state index contributed by atoms with van der Waals surface area (Å²) in [5.41, 5.74) is 1.03. The van der Waals surface area contributed by atoms with Gasteiger partial charge in [-0.3, -0.25) is 4.99 Å². The minimum absolute atomic E-state index is 0. The number of halogens is 1. The maximum atomic E-state index is 12.3. The molecule has 0 spiro atoms. The number of guanidine groups is 1. The van der Waals surface area contributed by atoms with Gasteiger partial charge in [-0.2, -0.15) is 0 Å². The molecule has 2 aliphatic heterocycles. The maximum Gasteiger partial charge on any atom is 0.240 e. The Morgan fingerprint density at radius 1 is 1.26 bits per heavy atom. The second kappa shape index (κ2) is 10.0. The Morgan fingerprint density at radius 3 is 2.59 bits per heavy atom. The summed E-state index contributed by atoms with van der Waals surface area (Å²) in [6.45, 7) is 5.30. The number of ether oxygens (including phenoxy) is 1. The average molecular weight is 508 g/mol. The smallest absolute Gasteiger partial charge is 0.240 e. The molecule has 3 N–H and O–H groups in total. The Morgan fingerprint density at radius 2 is 2.00 bits per heavy atom. The van der Waals surface area contributed by atoms with E-state index in [1.54, 1.807) is 24.3 Å². The van der Waals surface area contributed by atoms with E-state index in [2.05, 4.69) is 20.3 Å². The largest absolute Gasteiger partial charge is 0.373 e. The van der Waals surface area contributed by atoms with Crippen LogP contribution < -0.4 is 15.4 Å². The summed E-state index contributed by atoms with van der Waals surface area (Å²) in [5, 5.41) is 6.63. The fourth-order valence-electron chi connectivity index (χ4n) is 3.43. The van der Waals surface area contributed by atoms with Crippen LogP contribution in [0.25, 0.3) is 0 Å². The van der Waals surface area contributed by atoms with Crippen molar-refractivity contribution in [1.82, 2.24) is 15.4 Å². The molecule has 152 valence electrons. The zero-order valence-electron chi connectivity index (χ0n) is 15.8. The van der Waals surface area contributed by atoms with Crippen molar-refractivity contribution in [3.05, 3.63) is 29.8 Å². The van der Waals surface area contributed by atoms with Crippen LogP contribution in [0.2, 0.25) is 0 Å². The molecular formula is C18H29IN4O3S. The number of sulfonamides is 1. The van der Waals surface area contributed by atoms with E-state index in [0.717, 1.165) is 31.4 Å². The lowest BCUT2D eigenvalue weighted by molar-refractivity contribution is 0.0992. The van der Waals surface area contributed by atoms with Crippen molar-refractivity contribution in [2.45, 2.75) is 56.3 Å². The van der Waals surface area contributed by atoms with Gasteiger partial charge < -0.3 is 15.4 Å². The number of nitrogens with zero attached hydrogens (tertiary/aromatic N) is 1. The first-order valence-corrected chi connectivity index (χ1v) is 10.7. The molecule has 1 aromatic carbocycles. The van der Waals surface area contributed by atoms with Gasteiger partial charge in [-0.1, -0.05) is 17.7 Å². The Kier molecular flexibility index (Phi) is 8.32.